The Labute approximate surface area is 170 Å². The van der Waals surface area contributed by atoms with E-state index in [-0.39, 0.29) is 23.0 Å². The molecular formula is C23H28O6. The Bertz CT molecular complexity index is 906. The Morgan fingerprint density at radius 2 is 1.72 bits per heavy atom. The molecule has 0 aromatic carbocycles. The molecule has 1 fully saturated rings. The zero-order valence-electron chi connectivity index (χ0n) is 17.7. The average molecular weight is 400 g/mol. The lowest BCUT2D eigenvalue weighted by molar-refractivity contribution is -0.178. The van der Waals surface area contributed by atoms with Crippen molar-refractivity contribution in [1.29, 1.82) is 0 Å². The first-order valence-electron chi connectivity index (χ1n) is 9.85. The van der Waals surface area contributed by atoms with Crippen LogP contribution in [-0.2, 0) is 19.1 Å². The molecule has 0 amide bonds. The second-order valence-electron chi connectivity index (χ2n) is 8.60. The number of furan rings is 1. The summed E-state index contributed by atoms with van der Waals surface area (Å²) in [4.78, 5) is 37.9. The van der Waals surface area contributed by atoms with Crippen LogP contribution in [0, 0.1) is 24.2 Å². The molecule has 6 nitrogen and oxygen atoms in total. The molecule has 1 aromatic heterocycles. The van der Waals surface area contributed by atoms with Gasteiger partial charge in [0, 0.05) is 34.0 Å². The van der Waals surface area contributed by atoms with Gasteiger partial charge >= 0.3 is 11.9 Å². The monoisotopic (exact) mass is 400 g/mol. The summed E-state index contributed by atoms with van der Waals surface area (Å²) in [5.74, 6) is -1.45. The van der Waals surface area contributed by atoms with Gasteiger partial charge in [0.1, 0.15) is 12.2 Å². The van der Waals surface area contributed by atoms with Gasteiger partial charge in [-0.1, -0.05) is 27.0 Å². The number of aryl methyl sites for hydroxylation is 1. The van der Waals surface area contributed by atoms with Crippen LogP contribution in [-0.4, -0.2) is 23.8 Å². The van der Waals surface area contributed by atoms with E-state index >= 15 is 0 Å². The maximum atomic E-state index is 13.2. The number of esters is 2. The normalized spacial score (nSPS) is 30.7. The standard InChI is InChI=1S/C23H28O6/c1-11(2)21(25)28-16-9-8-15-18(24)19-17(13(5)10-27-19)20(23(15,7)14(16)6)29-22(26)12(3)4/h10,14-16,20H,1,3,8-9H2,2,4-7H3/t14-,15+,16+,20-,23+/m1/s1. The zero-order chi connectivity index (χ0) is 21.7. The molecule has 3 rings (SSSR count). The maximum Gasteiger partial charge on any atom is 0.333 e. The molecular weight excluding hydrogens is 372 g/mol. The molecule has 156 valence electrons. The Morgan fingerprint density at radius 3 is 2.31 bits per heavy atom. The fourth-order valence-electron chi connectivity index (χ4n) is 4.68. The summed E-state index contributed by atoms with van der Waals surface area (Å²) in [5, 5.41) is 0. The third-order valence-electron chi connectivity index (χ3n) is 6.60. The molecule has 2 aliphatic rings. The van der Waals surface area contributed by atoms with Gasteiger partial charge in [-0.2, -0.15) is 0 Å². The minimum Gasteiger partial charge on any atom is -0.461 e. The summed E-state index contributed by atoms with van der Waals surface area (Å²) in [5.41, 5.74) is 1.19. The summed E-state index contributed by atoms with van der Waals surface area (Å²) in [6.07, 6.45) is 1.46. The van der Waals surface area contributed by atoms with Crippen LogP contribution in [0.2, 0.25) is 0 Å². The molecule has 0 N–H and O–H groups in total. The second-order valence-corrected chi connectivity index (χ2v) is 8.60. The second kappa shape index (κ2) is 7.32. The highest BCUT2D eigenvalue weighted by Crippen LogP contribution is 2.60. The van der Waals surface area contributed by atoms with Crippen molar-refractivity contribution in [2.24, 2.45) is 17.3 Å². The first-order chi connectivity index (χ1) is 13.5. The molecule has 1 saturated carbocycles. The van der Waals surface area contributed by atoms with E-state index in [9.17, 15) is 14.4 Å². The van der Waals surface area contributed by atoms with Gasteiger partial charge in [0.15, 0.2) is 5.76 Å². The molecule has 2 aliphatic carbocycles. The first kappa shape index (κ1) is 21.1. The number of ether oxygens (including phenoxy) is 2. The van der Waals surface area contributed by atoms with Gasteiger partial charge in [-0.15, -0.1) is 0 Å². The van der Waals surface area contributed by atoms with Crippen LogP contribution < -0.4 is 0 Å². The molecule has 1 aromatic rings. The molecule has 5 atom stereocenters. The van der Waals surface area contributed by atoms with E-state index in [0.29, 0.717) is 24.0 Å². The van der Waals surface area contributed by atoms with Gasteiger partial charge in [-0.3, -0.25) is 4.79 Å². The molecule has 0 bridgehead atoms. The Morgan fingerprint density at radius 1 is 1.14 bits per heavy atom. The van der Waals surface area contributed by atoms with Crippen LogP contribution in [0.3, 0.4) is 0 Å². The van der Waals surface area contributed by atoms with Crippen molar-refractivity contribution in [2.45, 2.75) is 59.7 Å². The number of hydrogen-bond donors (Lipinski definition) is 0. The first-order valence-corrected chi connectivity index (χ1v) is 9.85. The molecule has 0 unspecified atom stereocenters. The molecule has 0 aliphatic heterocycles. The largest absolute Gasteiger partial charge is 0.461 e. The summed E-state index contributed by atoms with van der Waals surface area (Å²) >= 11 is 0. The third kappa shape index (κ3) is 3.24. The van der Waals surface area contributed by atoms with Gasteiger partial charge in [-0.05, 0) is 39.2 Å². The quantitative estimate of drug-likeness (QED) is 0.547. The number of hydrogen-bond acceptors (Lipinski definition) is 6. The lowest BCUT2D eigenvalue weighted by Crippen LogP contribution is -2.55. The highest BCUT2D eigenvalue weighted by molar-refractivity contribution is 5.99. The van der Waals surface area contributed by atoms with Crippen LogP contribution in [0.15, 0.2) is 35.0 Å². The fourth-order valence-corrected chi connectivity index (χ4v) is 4.68. The maximum absolute atomic E-state index is 13.2. The number of rotatable bonds is 4. The average Bonchev–Trinajstić information content (AvgIpc) is 3.03. The van der Waals surface area contributed by atoms with E-state index in [4.69, 9.17) is 13.9 Å². The molecule has 1 heterocycles. The van der Waals surface area contributed by atoms with Gasteiger partial charge < -0.3 is 13.9 Å². The summed E-state index contributed by atoms with van der Waals surface area (Å²) in [6.45, 7) is 16.2. The number of ketones is 1. The number of carbonyl (C=O) groups excluding carboxylic acids is 3. The predicted octanol–water partition coefficient (Wildman–Crippen LogP) is 4.49. The van der Waals surface area contributed by atoms with E-state index in [1.165, 1.54) is 6.26 Å². The van der Waals surface area contributed by atoms with Crippen LogP contribution in [0.5, 0.6) is 0 Å². The summed E-state index contributed by atoms with van der Waals surface area (Å²) < 4.78 is 17.1. The van der Waals surface area contributed by atoms with Gasteiger partial charge in [0.25, 0.3) is 0 Å². The van der Waals surface area contributed by atoms with Crippen molar-refractivity contribution in [3.63, 3.8) is 0 Å². The fraction of sp³-hybridized carbons (Fsp3) is 0.522. The molecule has 0 saturated heterocycles. The van der Waals surface area contributed by atoms with Crippen molar-refractivity contribution < 1.29 is 28.3 Å². The summed E-state index contributed by atoms with van der Waals surface area (Å²) in [7, 11) is 0. The molecule has 0 spiro atoms. The van der Waals surface area contributed by atoms with Crippen LogP contribution in [0.1, 0.15) is 68.3 Å². The van der Waals surface area contributed by atoms with Gasteiger partial charge in [-0.25, -0.2) is 9.59 Å². The summed E-state index contributed by atoms with van der Waals surface area (Å²) in [6, 6.07) is 0. The number of fused-ring (bicyclic) bond motifs is 2. The highest BCUT2D eigenvalue weighted by Gasteiger charge is 2.61. The van der Waals surface area contributed by atoms with Crippen LogP contribution in [0.25, 0.3) is 0 Å². The molecule has 0 radical (unpaired) electrons. The predicted molar refractivity (Wildman–Crippen MR) is 106 cm³/mol. The zero-order valence-corrected chi connectivity index (χ0v) is 17.7. The smallest absolute Gasteiger partial charge is 0.333 e. The van der Waals surface area contributed by atoms with Crippen molar-refractivity contribution >= 4 is 17.7 Å². The van der Waals surface area contributed by atoms with Crippen molar-refractivity contribution in [3.05, 3.63) is 47.5 Å². The molecule has 29 heavy (non-hydrogen) atoms. The minimum absolute atomic E-state index is 0.0882. The number of Topliss-reactive ketones (excluding diaryl/α,β-unsaturated/α-hetero) is 1. The van der Waals surface area contributed by atoms with E-state index in [0.717, 1.165) is 5.56 Å². The van der Waals surface area contributed by atoms with E-state index in [1.54, 1.807) is 13.8 Å². The van der Waals surface area contributed by atoms with Crippen LogP contribution in [0.4, 0.5) is 0 Å². The van der Waals surface area contributed by atoms with Gasteiger partial charge in [0.05, 0.1) is 6.26 Å². The van der Waals surface area contributed by atoms with E-state index in [2.05, 4.69) is 13.2 Å². The van der Waals surface area contributed by atoms with Crippen LogP contribution >= 0.6 is 0 Å². The minimum atomic E-state index is -0.762. The third-order valence-corrected chi connectivity index (χ3v) is 6.60. The highest BCUT2D eigenvalue weighted by atomic mass is 16.6. The topological polar surface area (TPSA) is 82.8 Å². The number of carbonyl (C=O) groups is 3. The van der Waals surface area contributed by atoms with E-state index in [1.807, 2.05) is 20.8 Å². The van der Waals surface area contributed by atoms with Gasteiger partial charge in [0.2, 0.25) is 5.78 Å². The SMILES string of the molecule is C=C(C)C(=O)O[C@H]1CC[C@H]2C(=O)c3occ(C)c3[C@@H](OC(=O)C(=C)C)[C@@]2(C)[C@@H]1C. The van der Waals surface area contributed by atoms with E-state index < -0.39 is 35.5 Å². The Kier molecular flexibility index (Phi) is 5.32. The van der Waals surface area contributed by atoms with Crippen molar-refractivity contribution in [1.82, 2.24) is 0 Å². The Balaban J connectivity index is 2.08. The Hall–Kier alpha value is -2.63. The molecule has 6 heteroatoms. The lowest BCUT2D eigenvalue weighted by Gasteiger charge is -2.53. The van der Waals surface area contributed by atoms with Crippen molar-refractivity contribution in [3.8, 4) is 0 Å². The van der Waals surface area contributed by atoms with Crippen molar-refractivity contribution in [2.75, 3.05) is 0 Å². The lowest BCUT2D eigenvalue weighted by atomic mass is 9.53.